The summed E-state index contributed by atoms with van der Waals surface area (Å²) in [5.41, 5.74) is 4.01. The summed E-state index contributed by atoms with van der Waals surface area (Å²) < 4.78 is 0. The normalized spacial score (nSPS) is 12.0. The van der Waals surface area contributed by atoms with Gasteiger partial charge in [0.25, 0.3) is 5.56 Å². The fourth-order valence-electron chi connectivity index (χ4n) is 3.36. The third kappa shape index (κ3) is 4.15. The first-order valence-corrected chi connectivity index (χ1v) is 9.92. The molecule has 2 heterocycles. The number of aliphatic hydroxyl groups is 1. The lowest BCUT2D eigenvalue weighted by molar-refractivity contribution is 0.191. The van der Waals surface area contributed by atoms with Gasteiger partial charge in [-0.1, -0.05) is 54.1 Å². The predicted octanol–water partition coefficient (Wildman–Crippen LogP) is 4.54. The van der Waals surface area contributed by atoms with Gasteiger partial charge in [0, 0.05) is 29.0 Å². The fourth-order valence-corrected chi connectivity index (χ4v) is 3.55. The molecular formula is C23H21ClN4O2. The van der Waals surface area contributed by atoms with Gasteiger partial charge in [-0.15, -0.1) is 0 Å². The van der Waals surface area contributed by atoms with Gasteiger partial charge in [-0.3, -0.25) is 4.79 Å². The number of imidazole rings is 1. The molecule has 152 valence electrons. The highest BCUT2D eigenvalue weighted by atomic mass is 35.5. The fraction of sp³-hybridized carbons (Fsp3) is 0.130. The third-order valence-electron chi connectivity index (χ3n) is 4.85. The molecule has 1 atom stereocenters. The second-order valence-electron chi connectivity index (χ2n) is 6.97. The Labute approximate surface area is 178 Å². The molecule has 0 spiro atoms. The minimum absolute atomic E-state index is 0.210. The molecule has 7 heteroatoms. The van der Waals surface area contributed by atoms with Gasteiger partial charge in [0.1, 0.15) is 11.4 Å². The van der Waals surface area contributed by atoms with Crippen LogP contribution in [0, 0.1) is 6.92 Å². The SMILES string of the molecule is Cc1[nH]c(-c2c(NCC(O)c3cccc(Cl)c3)cc[nH]c2=O)nc1-c1ccccc1. The summed E-state index contributed by atoms with van der Waals surface area (Å²) in [7, 11) is 0. The molecule has 4 aromatic rings. The van der Waals surface area contributed by atoms with E-state index in [1.807, 2.05) is 37.3 Å². The number of aromatic nitrogens is 3. The van der Waals surface area contributed by atoms with Crippen molar-refractivity contribution in [3.8, 4) is 22.6 Å². The van der Waals surface area contributed by atoms with Crippen molar-refractivity contribution < 1.29 is 5.11 Å². The molecule has 0 aliphatic rings. The van der Waals surface area contributed by atoms with Gasteiger partial charge in [0.05, 0.1) is 17.5 Å². The largest absolute Gasteiger partial charge is 0.387 e. The Balaban J connectivity index is 1.64. The van der Waals surface area contributed by atoms with Gasteiger partial charge in [-0.25, -0.2) is 4.98 Å². The highest BCUT2D eigenvalue weighted by Gasteiger charge is 2.17. The molecule has 0 bridgehead atoms. The van der Waals surface area contributed by atoms with Gasteiger partial charge >= 0.3 is 0 Å². The molecule has 0 aliphatic carbocycles. The zero-order valence-electron chi connectivity index (χ0n) is 16.3. The van der Waals surface area contributed by atoms with Crippen molar-refractivity contribution in [2.45, 2.75) is 13.0 Å². The van der Waals surface area contributed by atoms with E-state index in [2.05, 4.69) is 20.3 Å². The summed E-state index contributed by atoms with van der Waals surface area (Å²) in [5, 5.41) is 14.2. The number of aryl methyl sites for hydroxylation is 1. The van der Waals surface area contributed by atoms with E-state index in [9.17, 15) is 9.90 Å². The molecule has 0 saturated heterocycles. The molecule has 2 aromatic carbocycles. The van der Waals surface area contributed by atoms with Crippen LogP contribution in [0.25, 0.3) is 22.6 Å². The quantitative estimate of drug-likeness (QED) is 0.368. The van der Waals surface area contributed by atoms with E-state index < -0.39 is 6.10 Å². The monoisotopic (exact) mass is 420 g/mol. The minimum atomic E-state index is -0.783. The van der Waals surface area contributed by atoms with Crippen LogP contribution in [-0.4, -0.2) is 26.6 Å². The van der Waals surface area contributed by atoms with E-state index in [4.69, 9.17) is 11.6 Å². The molecule has 4 N–H and O–H groups in total. The average molecular weight is 421 g/mol. The topological polar surface area (TPSA) is 93.8 Å². The summed E-state index contributed by atoms with van der Waals surface area (Å²) in [6.07, 6.45) is 0.780. The summed E-state index contributed by atoms with van der Waals surface area (Å²) >= 11 is 6.01. The third-order valence-corrected chi connectivity index (χ3v) is 5.08. The summed E-state index contributed by atoms with van der Waals surface area (Å²) in [6, 6.07) is 18.6. The number of aliphatic hydroxyl groups excluding tert-OH is 1. The molecule has 30 heavy (non-hydrogen) atoms. The number of H-pyrrole nitrogens is 2. The van der Waals surface area contributed by atoms with Crippen molar-refractivity contribution in [2.75, 3.05) is 11.9 Å². The number of hydrogen-bond acceptors (Lipinski definition) is 4. The van der Waals surface area contributed by atoms with Crippen molar-refractivity contribution >= 4 is 17.3 Å². The number of nitrogens with one attached hydrogen (secondary N) is 3. The van der Waals surface area contributed by atoms with Crippen LogP contribution >= 0.6 is 11.6 Å². The van der Waals surface area contributed by atoms with Gasteiger partial charge in [-0.05, 0) is 30.7 Å². The van der Waals surface area contributed by atoms with E-state index in [-0.39, 0.29) is 12.1 Å². The Morgan fingerprint density at radius 2 is 1.93 bits per heavy atom. The minimum Gasteiger partial charge on any atom is -0.387 e. The number of nitrogens with zero attached hydrogens (tertiary/aromatic N) is 1. The van der Waals surface area contributed by atoms with Crippen molar-refractivity contribution in [1.82, 2.24) is 15.0 Å². The second kappa shape index (κ2) is 8.57. The summed E-state index contributed by atoms with van der Waals surface area (Å²) in [5.74, 6) is 0.466. The second-order valence-corrected chi connectivity index (χ2v) is 7.41. The van der Waals surface area contributed by atoms with Crippen LogP contribution in [0.2, 0.25) is 5.02 Å². The van der Waals surface area contributed by atoms with Gasteiger partial charge in [0.2, 0.25) is 0 Å². The Hall–Kier alpha value is -3.35. The van der Waals surface area contributed by atoms with E-state index in [0.717, 1.165) is 17.0 Å². The molecule has 6 nitrogen and oxygen atoms in total. The zero-order chi connectivity index (χ0) is 21.1. The maximum Gasteiger partial charge on any atom is 0.261 e. The smallest absolute Gasteiger partial charge is 0.261 e. The van der Waals surface area contributed by atoms with Crippen molar-refractivity contribution in [3.05, 3.63) is 93.5 Å². The first-order chi connectivity index (χ1) is 14.5. The van der Waals surface area contributed by atoms with Gasteiger partial charge < -0.3 is 20.4 Å². The van der Waals surface area contributed by atoms with E-state index >= 15 is 0 Å². The molecule has 0 saturated carbocycles. The number of benzene rings is 2. The number of anilines is 1. The first-order valence-electron chi connectivity index (χ1n) is 9.54. The van der Waals surface area contributed by atoms with E-state index in [1.165, 1.54) is 0 Å². The Kier molecular flexibility index (Phi) is 5.70. The Morgan fingerprint density at radius 3 is 2.70 bits per heavy atom. The van der Waals surface area contributed by atoms with Crippen LogP contribution in [0.5, 0.6) is 0 Å². The predicted molar refractivity (Wildman–Crippen MR) is 120 cm³/mol. The standard InChI is InChI=1S/C23H21ClN4O2/c1-14-21(15-6-3-2-4-7-15)28-22(27-14)20-18(10-11-25-23(20)30)26-13-19(29)16-8-5-9-17(24)12-16/h2-12,19,29H,13H2,1H3,(H,27,28)(H2,25,26,30). The molecule has 0 aliphatic heterocycles. The van der Waals surface area contributed by atoms with Crippen LogP contribution in [0.1, 0.15) is 17.4 Å². The van der Waals surface area contributed by atoms with Gasteiger partial charge in [0.15, 0.2) is 0 Å². The zero-order valence-corrected chi connectivity index (χ0v) is 17.1. The first kappa shape index (κ1) is 19.9. The molecule has 0 amide bonds. The molecular weight excluding hydrogens is 400 g/mol. The maximum absolute atomic E-state index is 12.6. The van der Waals surface area contributed by atoms with Crippen molar-refractivity contribution in [2.24, 2.45) is 0 Å². The lowest BCUT2D eigenvalue weighted by atomic mass is 10.1. The van der Waals surface area contributed by atoms with Crippen LogP contribution in [0.15, 0.2) is 71.7 Å². The molecule has 0 fully saturated rings. The number of aromatic amines is 2. The highest BCUT2D eigenvalue weighted by molar-refractivity contribution is 6.30. The average Bonchev–Trinajstić information content (AvgIpc) is 3.13. The maximum atomic E-state index is 12.6. The van der Waals surface area contributed by atoms with Crippen LogP contribution < -0.4 is 10.9 Å². The highest BCUT2D eigenvalue weighted by Crippen LogP contribution is 2.28. The number of halogens is 1. The van der Waals surface area contributed by atoms with Crippen LogP contribution in [0.4, 0.5) is 5.69 Å². The van der Waals surface area contributed by atoms with Crippen LogP contribution in [0.3, 0.4) is 0 Å². The molecule has 2 aromatic heterocycles. The Bertz CT molecular complexity index is 1220. The van der Waals surface area contributed by atoms with Crippen molar-refractivity contribution in [3.63, 3.8) is 0 Å². The lowest BCUT2D eigenvalue weighted by Gasteiger charge is -2.15. The molecule has 0 radical (unpaired) electrons. The Morgan fingerprint density at radius 1 is 1.13 bits per heavy atom. The number of pyridine rings is 1. The number of hydrogen-bond donors (Lipinski definition) is 4. The molecule has 1 unspecified atom stereocenters. The van der Waals surface area contributed by atoms with E-state index in [0.29, 0.717) is 27.7 Å². The van der Waals surface area contributed by atoms with E-state index in [1.54, 1.807) is 36.5 Å². The van der Waals surface area contributed by atoms with Crippen molar-refractivity contribution in [1.29, 1.82) is 0 Å². The molecule has 4 rings (SSSR count). The van der Waals surface area contributed by atoms with Gasteiger partial charge in [-0.2, -0.15) is 0 Å². The lowest BCUT2D eigenvalue weighted by Crippen LogP contribution is -2.17. The summed E-state index contributed by atoms with van der Waals surface area (Å²) in [6.45, 7) is 2.13. The van der Waals surface area contributed by atoms with Crippen LogP contribution in [-0.2, 0) is 0 Å². The summed E-state index contributed by atoms with van der Waals surface area (Å²) in [4.78, 5) is 23.2. The number of rotatable bonds is 6.